The molecule has 3 aromatic heterocycles. The second-order valence-corrected chi connectivity index (χ2v) is 12.0. The summed E-state index contributed by atoms with van der Waals surface area (Å²) in [5.74, 6) is 0. The van der Waals surface area contributed by atoms with E-state index < -0.39 is 17.8 Å². The number of nitrogens with one attached hydrogen (secondary N) is 2. The Morgan fingerprint density at radius 1 is 1.12 bits per heavy atom. The predicted molar refractivity (Wildman–Crippen MR) is 145 cm³/mol. The molecule has 0 unspecified atom stereocenters. The Morgan fingerprint density at radius 2 is 1.85 bits per heavy atom. The number of alkyl halides is 3. The molecule has 0 spiro atoms. The van der Waals surface area contributed by atoms with Crippen LogP contribution in [0.5, 0.6) is 0 Å². The normalized spacial score (nSPS) is 15.3. The summed E-state index contributed by atoms with van der Waals surface area (Å²) in [7, 11) is 0. The van der Waals surface area contributed by atoms with Crippen molar-refractivity contribution in [2.24, 2.45) is 5.41 Å². The van der Waals surface area contributed by atoms with Crippen molar-refractivity contribution >= 4 is 33.6 Å². The molecule has 0 radical (unpaired) electrons. The molecule has 0 aliphatic heterocycles. The van der Waals surface area contributed by atoms with Crippen LogP contribution in [0.1, 0.15) is 67.0 Å². The molecule has 206 valence electrons. The van der Waals surface area contributed by atoms with Crippen molar-refractivity contribution in [2.45, 2.75) is 58.3 Å². The lowest BCUT2D eigenvalue weighted by molar-refractivity contribution is -0.182. The van der Waals surface area contributed by atoms with Crippen molar-refractivity contribution in [1.82, 2.24) is 25.0 Å². The van der Waals surface area contributed by atoms with Crippen LogP contribution in [-0.2, 0) is 5.54 Å². The van der Waals surface area contributed by atoms with Crippen LogP contribution in [0.25, 0.3) is 10.9 Å². The molecule has 4 aromatic rings. The molecule has 5 rings (SSSR count). The monoisotopic (exact) mass is 565 g/mol. The fourth-order valence-corrected chi connectivity index (χ4v) is 5.37. The largest absolute Gasteiger partial charge is 0.413 e. The van der Waals surface area contributed by atoms with Crippen molar-refractivity contribution in [1.29, 1.82) is 10.5 Å². The van der Waals surface area contributed by atoms with E-state index in [2.05, 4.69) is 63.8 Å². The summed E-state index contributed by atoms with van der Waals surface area (Å²) in [6.07, 6.45) is -1.77. The number of pyridine rings is 1. The van der Waals surface area contributed by atoms with Gasteiger partial charge in [-0.3, -0.25) is 4.98 Å². The molecule has 0 amide bonds. The van der Waals surface area contributed by atoms with Gasteiger partial charge in [0.15, 0.2) is 5.54 Å². The molecule has 1 aliphatic rings. The molecule has 2 N–H and O–H groups in total. The fourth-order valence-electron chi connectivity index (χ4n) is 4.51. The summed E-state index contributed by atoms with van der Waals surface area (Å²) < 4.78 is 42.2. The van der Waals surface area contributed by atoms with Crippen LogP contribution in [0.15, 0.2) is 30.0 Å². The first-order valence-electron chi connectivity index (χ1n) is 12.5. The van der Waals surface area contributed by atoms with Gasteiger partial charge in [0, 0.05) is 23.8 Å². The van der Waals surface area contributed by atoms with E-state index in [0.717, 1.165) is 9.56 Å². The number of anilines is 2. The zero-order chi connectivity index (χ0) is 28.9. The molecule has 1 aliphatic carbocycles. The molecule has 9 nitrogen and oxygen atoms in total. The van der Waals surface area contributed by atoms with Gasteiger partial charge in [0.2, 0.25) is 0 Å². The molecule has 1 aromatic carbocycles. The summed E-state index contributed by atoms with van der Waals surface area (Å²) >= 11 is 1.34. The van der Waals surface area contributed by atoms with Crippen molar-refractivity contribution in [3.63, 3.8) is 0 Å². The van der Waals surface area contributed by atoms with Gasteiger partial charge in [0.25, 0.3) is 0 Å². The van der Waals surface area contributed by atoms with Crippen molar-refractivity contribution in [3.8, 4) is 12.1 Å². The number of halogens is 3. The highest BCUT2D eigenvalue weighted by molar-refractivity contribution is 7.09. The lowest BCUT2D eigenvalue weighted by Crippen LogP contribution is -2.35. The summed E-state index contributed by atoms with van der Waals surface area (Å²) in [6.45, 7) is 8.54. The molecule has 3 heterocycles. The van der Waals surface area contributed by atoms with Crippen LogP contribution >= 0.6 is 11.3 Å². The minimum absolute atomic E-state index is 0.0498. The first-order chi connectivity index (χ1) is 18.9. The highest BCUT2D eigenvalue weighted by Gasteiger charge is 2.66. The van der Waals surface area contributed by atoms with Crippen molar-refractivity contribution < 1.29 is 13.2 Å². The van der Waals surface area contributed by atoms with E-state index in [4.69, 9.17) is 0 Å². The van der Waals surface area contributed by atoms with Gasteiger partial charge in [-0.1, -0.05) is 26.0 Å². The van der Waals surface area contributed by atoms with Gasteiger partial charge in [-0.15, -0.1) is 16.4 Å². The van der Waals surface area contributed by atoms with E-state index >= 15 is 0 Å². The van der Waals surface area contributed by atoms with Crippen LogP contribution < -0.4 is 10.6 Å². The first-order valence-corrected chi connectivity index (χ1v) is 13.4. The maximum atomic E-state index is 13.8. The number of nitriles is 2. The zero-order valence-electron chi connectivity index (χ0n) is 22.3. The third-order valence-corrected chi connectivity index (χ3v) is 7.86. The lowest BCUT2D eigenvalue weighted by atomic mass is 9.96. The van der Waals surface area contributed by atoms with E-state index in [1.54, 1.807) is 17.6 Å². The second-order valence-electron chi connectivity index (χ2n) is 11.1. The highest BCUT2D eigenvalue weighted by atomic mass is 32.1. The Balaban J connectivity index is 1.61. The van der Waals surface area contributed by atoms with Crippen LogP contribution in [0.2, 0.25) is 0 Å². The average Bonchev–Trinajstić information content (AvgIpc) is 3.39. The van der Waals surface area contributed by atoms with Gasteiger partial charge in [-0.2, -0.15) is 23.7 Å². The Kier molecular flexibility index (Phi) is 6.66. The minimum Gasteiger partial charge on any atom is -0.383 e. The maximum absolute atomic E-state index is 13.8. The second kappa shape index (κ2) is 9.75. The van der Waals surface area contributed by atoms with E-state index in [9.17, 15) is 23.7 Å². The van der Waals surface area contributed by atoms with Crippen LogP contribution in [-0.4, -0.2) is 37.7 Å². The van der Waals surface area contributed by atoms with Gasteiger partial charge in [0.1, 0.15) is 23.9 Å². The number of hydrogen-bond acceptors (Lipinski definition) is 9. The van der Waals surface area contributed by atoms with Crippen molar-refractivity contribution in [2.75, 3.05) is 17.2 Å². The summed E-state index contributed by atoms with van der Waals surface area (Å²) in [5.41, 5.74) is 2.61. The van der Waals surface area contributed by atoms with Crippen molar-refractivity contribution in [3.05, 3.63) is 57.4 Å². The topological polar surface area (TPSA) is 128 Å². The standard InChI is InChI=1S/C27H26F3N9S/c1-15-24(40-14-35-15)23(20-12-39(38-37-20)26(5-6-26)27(28,29)30)36-18-7-16(9-31)21-19(8-18)22(17(10-32)11-33-21)34-13-25(2,3)4/h7-8,11-12,14,23,36H,5-6,13H2,1-4H3,(H,33,34)/t23-/m1/s1. The number of benzene rings is 1. The highest BCUT2D eigenvalue weighted by Crippen LogP contribution is 2.55. The minimum atomic E-state index is -4.44. The van der Waals surface area contributed by atoms with Crippen LogP contribution in [0.4, 0.5) is 24.5 Å². The molecule has 0 bridgehead atoms. The molecular formula is C27H26F3N9S. The average molecular weight is 566 g/mol. The summed E-state index contributed by atoms with van der Waals surface area (Å²) in [6, 6.07) is 7.06. The van der Waals surface area contributed by atoms with E-state index in [-0.39, 0.29) is 29.5 Å². The number of aryl methyl sites for hydroxylation is 1. The molecule has 13 heteroatoms. The lowest BCUT2D eigenvalue weighted by Gasteiger charge is -2.22. The molecular weight excluding hydrogens is 539 g/mol. The molecule has 1 atom stereocenters. The summed E-state index contributed by atoms with van der Waals surface area (Å²) in [5, 5.41) is 35.0. The Bertz CT molecular complexity index is 1660. The maximum Gasteiger partial charge on any atom is 0.413 e. The fraction of sp³-hybridized carbons (Fsp3) is 0.407. The SMILES string of the molecule is Cc1ncsc1[C@H](Nc1cc(C#N)c2ncc(C#N)c(NCC(C)(C)C)c2c1)c1cn(C2(C(F)(F)F)CC2)nn1. The number of fused-ring (bicyclic) bond motifs is 1. The van der Waals surface area contributed by atoms with Gasteiger partial charge < -0.3 is 10.6 Å². The van der Waals surface area contributed by atoms with Gasteiger partial charge >= 0.3 is 6.18 Å². The van der Waals surface area contributed by atoms with Gasteiger partial charge in [0.05, 0.1) is 44.6 Å². The van der Waals surface area contributed by atoms with Gasteiger partial charge in [-0.05, 0) is 37.3 Å². The summed E-state index contributed by atoms with van der Waals surface area (Å²) in [4.78, 5) is 9.44. The molecule has 40 heavy (non-hydrogen) atoms. The van der Waals surface area contributed by atoms with Crippen LogP contribution in [0, 0.1) is 35.0 Å². The third-order valence-electron chi connectivity index (χ3n) is 6.86. The third kappa shape index (κ3) is 4.93. The van der Waals surface area contributed by atoms with Gasteiger partial charge in [-0.25, -0.2) is 9.67 Å². The van der Waals surface area contributed by atoms with E-state index in [1.165, 1.54) is 23.7 Å². The number of hydrogen-bond donors (Lipinski definition) is 2. The smallest absolute Gasteiger partial charge is 0.383 e. The molecule has 1 saturated carbocycles. The number of aromatic nitrogens is 5. The first kappa shape index (κ1) is 27.3. The Morgan fingerprint density at radius 3 is 2.42 bits per heavy atom. The van der Waals surface area contributed by atoms with E-state index in [0.29, 0.717) is 40.1 Å². The quantitative estimate of drug-likeness (QED) is 0.277. The predicted octanol–water partition coefficient (Wildman–Crippen LogP) is 6.05. The molecule has 0 saturated heterocycles. The zero-order valence-corrected chi connectivity index (χ0v) is 23.1. The molecule has 1 fully saturated rings. The number of thiazole rings is 1. The van der Waals surface area contributed by atoms with Crippen LogP contribution in [0.3, 0.4) is 0 Å². The Hall–Kier alpha value is -4.23. The van der Waals surface area contributed by atoms with E-state index in [1.807, 2.05) is 6.92 Å². The number of nitrogens with zero attached hydrogens (tertiary/aromatic N) is 7. The number of rotatable bonds is 7. The Labute approximate surface area is 232 Å².